The van der Waals surface area contributed by atoms with Gasteiger partial charge in [0.05, 0.1) is 0 Å². The number of anilines is 1. The Hall–Kier alpha value is -0.540. The predicted molar refractivity (Wildman–Crippen MR) is 73.0 cm³/mol. The van der Waals surface area contributed by atoms with Gasteiger partial charge in [-0.2, -0.15) is 0 Å². The van der Waals surface area contributed by atoms with Crippen LogP contribution in [0.15, 0.2) is 22.7 Å². The Morgan fingerprint density at radius 3 is 3.00 bits per heavy atom. The topological polar surface area (TPSA) is 24.1 Å². The number of nitrogens with one attached hydrogen (secondary N) is 2. The predicted octanol–water partition coefficient (Wildman–Crippen LogP) is 3.31. The van der Waals surface area contributed by atoms with Gasteiger partial charge in [0, 0.05) is 22.7 Å². The minimum Gasteiger partial charge on any atom is -0.383 e. The maximum atomic E-state index is 3.56. The third kappa shape index (κ3) is 3.22. The maximum absolute atomic E-state index is 3.56. The monoisotopic (exact) mass is 282 g/mol. The van der Waals surface area contributed by atoms with Gasteiger partial charge in [-0.1, -0.05) is 28.4 Å². The molecule has 2 rings (SSSR count). The highest BCUT2D eigenvalue weighted by Crippen LogP contribution is 2.20. The summed E-state index contributed by atoms with van der Waals surface area (Å²) in [6.45, 7) is 4.30. The van der Waals surface area contributed by atoms with Gasteiger partial charge in [0.25, 0.3) is 0 Å². The standard InChI is InChI=1S/C13H19BrN2/c1-10-5-6-11(8-13(10)14)16-9-12-4-2-3-7-15-12/h5-6,8,12,15-16H,2-4,7,9H2,1H3. The van der Waals surface area contributed by atoms with Gasteiger partial charge in [-0.15, -0.1) is 0 Å². The van der Waals surface area contributed by atoms with Gasteiger partial charge in [0.15, 0.2) is 0 Å². The smallest absolute Gasteiger partial charge is 0.0352 e. The first-order valence-electron chi connectivity index (χ1n) is 5.99. The number of aryl methyl sites for hydroxylation is 1. The number of benzene rings is 1. The van der Waals surface area contributed by atoms with E-state index in [9.17, 15) is 0 Å². The molecular weight excluding hydrogens is 264 g/mol. The average Bonchev–Trinajstić information content (AvgIpc) is 2.32. The van der Waals surface area contributed by atoms with Crippen molar-refractivity contribution in [3.63, 3.8) is 0 Å². The number of piperidine rings is 1. The van der Waals surface area contributed by atoms with Crippen LogP contribution in [-0.2, 0) is 0 Å². The Labute approximate surface area is 106 Å². The SMILES string of the molecule is Cc1ccc(NCC2CCCCN2)cc1Br. The van der Waals surface area contributed by atoms with Gasteiger partial charge in [0.2, 0.25) is 0 Å². The van der Waals surface area contributed by atoms with Gasteiger partial charge in [-0.05, 0) is 44.0 Å². The molecule has 1 unspecified atom stereocenters. The maximum Gasteiger partial charge on any atom is 0.0352 e. The van der Waals surface area contributed by atoms with Crippen molar-refractivity contribution < 1.29 is 0 Å². The third-order valence-corrected chi connectivity index (χ3v) is 3.99. The van der Waals surface area contributed by atoms with Crippen molar-refractivity contribution in [3.05, 3.63) is 28.2 Å². The lowest BCUT2D eigenvalue weighted by Crippen LogP contribution is -2.39. The second-order valence-corrected chi connectivity index (χ2v) is 5.35. The Balaban J connectivity index is 1.86. The molecule has 0 saturated carbocycles. The fourth-order valence-corrected chi connectivity index (χ4v) is 2.42. The van der Waals surface area contributed by atoms with Crippen LogP contribution in [0.4, 0.5) is 5.69 Å². The Morgan fingerprint density at radius 2 is 2.31 bits per heavy atom. The van der Waals surface area contributed by atoms with Crippen LogP contribution in [0.25, 0.3) is 0 Å². The van der Waals surface area contributed by atoms with Gasteiger partial charge >= 0.3 is 0 Å². The summed E-state index contributed by atoms with van der Waals surface area (Å²) in [7, 11) is 0. The number of halogens is 1. The fraction of sp³-hybridized carbons (Fsp3) is 0.538. The van der Waals surface area contributed by atoms with Crippen LogP contribution >= 0.6 is 15.9 Å². The summed E-state index contributed by atoms with van der Waals surface area (Å²) in [6, 6.07) is 7.07. The first-order chi connectivity index (χ1) is 7.75. The molecule has 1 aromatic rings. The molecule has 0 amide bonds. The molecule has 2 N–H and O–H groups in total. The first-order valence-corrected chi connectivity index (χ1v) is 6.78. The third-order valence-electron chi connectivity index (χ3n) is 3.14. The molecule has 1 heterocycles. The minimum absolute atomic E-state index is 0.633. The highest BCUT2D eigenvalue weighted by Gasteiger charge is 2.11. The molecule has 16 heavy (non-hydrogen) atoms. The normalized spacial score (nSPS) is 20.8. The van der Waals surface area contributed by atoms with Crippen LogP contribution < -0.4 is 10.6 Å². The van der Waals surface area contributed by atoms with Crippen LogP contribution in [0.1, 0.15) is 24.8 Å². The molecule has 1 aromatic carbocycles. The second-order valence-electron chi connectivity index (χ2n) is 4.49. The highest BCUT2D eigenvalue weighted by molar-refractivity contribution is 9.10. The number of hydrogen-bond acceptors (Lipinski definition) is 2. The zero-order valence-corrected chi connectivity index (χ0v) is 11.3. The van der Waals surface area contributed by atoms with E-state index < -0.39 is 0 Å². The summed E-state index contributed by atoms with van der Waals surface area (Å²) in [5, 5.41) is 7.03. The summed E-state index contributed by atoms with van der Waals surface area (Å²) in [6.07, 6.45) is 3.98. The average molecular weight is 283 g/mol. The van der Waals surface area contributed by atoms with Crippen molar-refractivity contribution in [1.82, 2.24) is 5.32 Å². The molecule has 1 aliphatic rings. The number of hydrogen-bond donors (Lipinski definition) is 2. The molecule has 1 fully saturated rings. The molecule has 0 aliphatic carbocycles. The van der Waals surface area contributed by atoms with E-state index in [2.05, 4.69) is 51.7 Å². The van der Waals surface area contributed by atoms with E-state index in [1.165, 1.54) is 41.5 Å². The zero-order valence-electron chi connectivity index (χ0n) is 9.72. The lowest BCUT2D eigenvalue weighted by Gasteiger charge is -2.24. The minimum atomic E-state index is 0.633. The summed E-state index contributed by atoms with van der Waals surface area (Å²) in [5.74, 6) is 0. The summed E-state index contributed by atoms with van der Waals surface area (Å²) in [4.78, 5) is 0. The van der Waals surface area contributed by atoms with E-state index in [-0.39, 0.29) is 0 Å². The quantitative estimate of drug-likeness (QED) is 0.889. The molecule has 1 aliphatic heterocycles. The fourth-order valence-electron chi connectivity index (χ4n) is 2.04. The van der Waals surface area contributed by atoms with Gasteiger partial charge < -0.3 is 10.6 Å². The van der Waals surface area contributed by atoms with Crippen LogP contribution in [-0.4, -0.2) is 19.1 Å². The van der Waals surface area contributed by atoms with Gasteiger partial charge in [0.1, 0.15) is 0 Å². The molecular formula is C13H19BrN2. The van der Waals surface area contributed by atoms with Crippen LogP contribution in [0.3, 0.4) is 0 Å². The van der Waals surface area contributed by atoms with Crippen LogP contribution in [0.2, 0.25) is 0 Å². The van der Waals surface area contributed by atoms with E-state index in [0.29, 0.717) is 6.04 Å². The van der Waals surface area contributed by atoms with Gasteiger partial charge in [-0.3, -0.25) is 0 Å². The Kier molecular flexibility index (Phi) is 4.24. The second kappa shape index (κ2) is 5.69. The van der Waals surface area contributed by atoms with Crippen molar-refractivity contribution in [2.45, 2.75) is 32.2 Å². The molecule has 2 nitrogen and oxygen atoms in total. The van der Waals surface area contributed by atoms with Crippen molar-refractivity contribution >= 4 is 21.6 Å². The van der Waals surface area contributed by atoms with Crippen LogP contribution in [0.5, 0.6) is 0 Å². The van der Waals surface area contributed by atoms with E-state index in [0.717, 1.165) is 6.54 Å². The molecule has 88 valence electrons. The molecule has 1 saturated heterocycles. The van der Waals surface area contributed by atoms with Crippen molar-refractivity contribution in [1.29, 1.82) is 0 Å². The summed E-state index contributed by atoms with van der Waals surface area (Å²) >= 11 is 3.56. The molecule has 3 heteroatoms. The van der Waals surface area contributed by atoms with E-state index in [4.69, 9.17) is 0 Å². The highest BCUT2D eigenvalue weighted by atomic mass is 79.9. The first kappa shape index (κ1) is 11.9. The summed E-state index contributed by atoms with van der Waals surface area (Å²) in [5.41, 5.74) is 2.48. The lowest BCUT2D eigenvalue weighted by atomic mass is 10.1. The van der Waals surface area contributed by atoms with Crippen LogP contribution in [0, 0.1) is 6.92 Å². The van der Waals surface area contributed by atoms with Crippen molar-refractivity contribution in [3.8, 4) is 0 Å². The number of rotatable bonds is 3. The molecule has 0 radical (unpaired) electrons. The molecule has 0 aromatic heterocycles. The summed E-state index contributed by atoms with van der Waals surface area (Å²) < 4.78 is 1.18. The van der Waals surface area contributed by atoms with Crippen molar-refractivity contribution in [2.24, 2.45) is 0 Å². The van der Waals surface area contributed by atoms with E-state index >= 15 is 0 Å². The molecule has 0 spiro atoms. The Bertz CT molecular complexity index is 346. The molecule has 1 atom stereocenters. The van der Waals surface area contributed by atoms with Gasteiger partial charge in [-0.25, -0.2) is 0 Å². The van der Waals surface area contributed by atoms with Crippen molar-refractivity contribution in [2.75, 3.05) is 18.4 Å². The largest absolute Gasteiger partial charge is 0.383 e. The molecule has 0 bridgehead atoms. The zero-order chi connectivity index (χ0) is 11.4. The van der Waals surface area contributed by atoms with E-state index in [1.807, 2.05) is 0 Å². The Morgan fingerprint density at radius 1 is 1.44 bits per heavy atom. The lowest BCUT2D eigenvalue weighted by molar-refractivity contribution is 0.414. The van der Waals surface area contributed by atoms with E-state index in [1.54, 1.807) is 0 Å².